The van der Waals surface area contributed by atoms with E-state index in [2.05, 4.69) is 140 Å². The quantitative estimate of drug-likeness (QED) is 0.179. The first-order chi connectivity index (χ1) is 27.3. The summed E-state index contributed by atoms with van der Waals surface area (Å²) in [4.78, 5) is 14.7. The highest BCUT2D eigenvalue weighted by atomic mass is 15.0. The summed E-state index contributed by atoms with van der Waals surface area (Å²) >= 11 is 0. The first-order valence-corrected chi connectivity index (χ1v) is 18.8. The average Bonchev–Trinajstić information content (AvgIpc) is 3.74. The highest BCUT2D eigenvalue weighted by molar-refractivity contribution is 5.96. The standard InChI is InChI=1S/C52H33N3/c1-3-14-35(15-4-1)49-53-50(36-16-5-2-6-17-36)55-51(54-49)37-28-26-34(27-29-37)38-18-13-19-39(32-38)40-30-31-44-43-22-9-12-25-47(43)52(48(44)33-40)45-23-10-7-20-41(45)42-21-8-11-24-46(42)52/h1-33H. The van der Waals surface area contributed by atoms with E-state index in [1.54, 1.807) is 0 Å². The van der Waals surface area contributed by atoms with Gasteiger partial charge >= 0.3 is 0 Å². The van der Waals surface area contributed by atoms with Gasteiger partial charge in [-0.2, -0.15) is 0 Å². The van der Waals surface area contributed by atoms with Crippen LogP contribution in [-0.4, -0.2) is 15.0 Å². The number of aromatic nitrogens is 3. The minimum atomic E-state index is -0.363. The fourth-order valence-corrected chi connectivity index (χ4v) is 8.90. The van der Waals surface area contributed by atoms with E-state index in [0.717, 1.165) is 27.8 Å². The molecule has 2 aliphatic carbocycles. The number of fused-ring (bicyclic) bond motifs is 10. The van der Waals surface area contributed by atoms with Crippen molar-refractivity contribution in [2.45, 2.75) is 5.41 Å². The molecule has 0 bridgehead atoms. The second-order valence-electron chi connectivity index (χ2n) is 14.3. The normalized spacial score (nSPS) is 12.9. The molecule has 8 aromatic carbocycles. The molecule has 2 aliphatic rings. The van der Waals surface area contributed by atoms with Gasteiger partial charge in [0.05, 0.1) is 5.41 Å². The van der Waals surface area contributed by atoms with Crippen LogP contribution < -0.4 is 0 Å². The van der Waals surface area contributed by atoms with Crippen molar-refractivity contribution in [2.75, 3.05) is 0 Å². The van der Waals surface area contributed by atoms with Crippen molar-refractivity contribution in [3.63, 3.8) is 0 Å². The predicted octanol–water partition coefficient (Wildman–Crippen LogP) is 12.6. The van der Waals surface area contributed by atoms with E-state index in [9.17, 15) is 0 Å². The summed E-state index contributed by atoms with van der Waals surface area (Å²) in [5, 5.41) is 0. The van der Waals surface area contributed by atoms with Crippen LogP contribution in [0, 0.1) is 0 Å². The zero-order valence-corrected chi connectivity index (χ0v) is 29.9. The van der Waals surface area contributed by atoms with Crippen molar-refractivity contribution in [1.82, 2.24) is 15.0 Å². The summed E-state index contributed by atoms with van der Waals surface area (Å²) in [5.74, 6) is 1.96. The van der Waals surface area contributed by atoms with Crippen LogP contribution in [0.2, 0.25) is 0 Å². The zero-order valence-electron chi connectivity index (χ0n) is 29.9. The van der Waals surface area contributed by atoms with Crippen LogP contribution in [-0.2, 0) is 5.41 Å². The Kier molecular flexibility index (Phi) is 7.08. The third-order valence-electron chi connectivity index (χ3n) is 11.4. The van der Waals surface area contributed by atoms with Gasteiger partial charge in [-0.05, 0) is 78.9 Å². The van der Waals surface area contributed by atoms with Crippen molar-refractivity contribution in [3.05, 3.63) is 222 Å². The van der Waals surface area contributed by atoms with Gasteiger partial charge in [-0.1, -0.05) is 188 Å². The Morgan fingerprint density at radius 2 is 0.582 bits per heavy atom. The smallest absolute Gasteiger partial charge is 0.164 e. The Morgan fingerprint density at radius 3 is 1.09 bits per heavy atom. The van der Waals surface area contributed by atoms with E-state index < -0.39 is 0 Å². The van der Waals surface area contributed by atoms with Crippen LogP contribution in [0.3, 0.4) is 0 Å². The molecular weight excluding hydrogens is 667 g/mol. The van der Waals surface area contributed by atoms with Crippen LogP contribution >= 0.6 is 0 Å². The molecule has 0 fully saturated rings. The Morgan fingerprint density at radius 1 is 0.236 bits per heavy atom. The van der Waals surface area contributed by atoms with Gasteiger partial charge in [0.15, 0.2) is 17.5 Å². The van der Waals surface area contributed by atoms with E-state index in [-0.39, 0.29) is 5.41 Å². The topological polar surface area (TPSA) is 38.7 Å². The lowest BCUT2D eigenvalue weighted by molar-refractivity contribution is 0.794. The monoisotopic (exact) mass is 699 g/mol. The molecule has 0 radical (unpaired) electrons. The van der Waals surface area contributed by atoms with Crippen molar-refractivity contribution < 1.29 is 0 Å². The molecule has 1 spiro atoms. The Bertz CT molecular complexity index is 2790. The SMILES string of the molecule is c1ccc(-c2nc(-c3ccccc3)nc(-c3ccc(-c4cccc(-c5ccc6c(c5)C5(c7ccccc7-c7ccccc75)c5ccccc5-6)c4)cc3)n2)cc1. The number of benzene rings is 8. The van der Waals surface area contributed by atoms with E-state index in [4.69, 9.17) is 15.0 Å². The molecule has 0 N–H and O–H groups in total. The molecule has 0 amide bonds. The van der Waals surface area contributed by atoms with Gasteiger partial charge in [0.1, 0.15) is 0 Å². The molecule has 55 heavy (non-hydrogen) atoms. The lowest BCUT2D eigenvalue weighted by Gasteiger charge is -2.30. The minimum absolute atomic E-state index is 0.363. The largest absolute Gasteiger partial charge is 0.208 e. The first kappa shape index (κ1) is 31.3. The highest BCUT2D eigenvalue weighted by Gasteiger charge is 2.51. The summed E-state index contributed by atoms with van der Waals surface area (Å²) in [6, 6.07) is 71.7. The second kappa shape index (κ2) is 12.4. The van der Waals surface area contributed by atoms with E-state index in [0.29, 0.717) is 17.5 Å². The van der Waals surface area contributed by atoms with Crippen molar-refractivity contribution in [3.8, 4) is 78.7 Å². The molecule has 1 aromatic heterocycles. The first-order valence-electron chi connectivity index (χ1n) is 18.8. The maximum absolute atomic E-state index is 4.94. The third kappa shape index (κ3) is 4.87. The van der Waals surface area contributed by atoms with Gasteiger partial charge in [-0.3, -0.25) is 0 Å². The number of rotatable bonds is 5. The number of nitrogens with zero attached hydrogens (tertiary/aromatic N) is 3. The Labute approximate surface area is 320 Å². The lowest BCUT2D eigenvalue weighted by Crippen LogP contribution is -2.25. The van der Waals surface area contributed by atoms with E-state index >= 15 is 0 Å². The third-order valence-corrected chi connectivity index (χ3v) is 11.4. The van der Waals surface area contributed by atoms with Crippen LogP contribution in [0.5, 0.6) is 0 Å². The summed E-state index contributed by atoms with van der Waals surface area (Å²) in [6.45, 7) is 0. The molecule has 0 aliphatic heterocycles. The van der Waals surface area contributed by atoms with Gasteiger partial charge in [-0.25, -0.2) is 15.0 Å². The lowest BCUT2D eigenvalue weighted by atomic mass is 9.70. The Balaban J connectivity index is 0.986. The fraction of sp³-hybridized carbons (Fsp3) is 0.0192. The molecule has 11 rings (SSSR count). The summed E-state index contributed by atoms with van der Waals surface area (Å²) in [7, 11) is 0. The summed E-state index contributed by atoms with van der Waals surface area (Å²) < 4.78 is 0. The van der Waals surface area contributed by atoms with Gasteiger partial charge in [-0.15, -0.1) is 0 Å². The maximum Gasteiger partial charge on any atom is 0.164 e. The van der Waals surface area contributed by atoms with Crippen molar-refractivity contribution in [2.24, 2.45) is 0 Å². The number of hydrogen-bond acceptors (Lipinski definition) is 3. The second-order valence-corrected chi connectivity index (χ2v) is 14.3. The van der Waals surface area contributed by atoms with Gasteiger partial charge < -0.3 is 0 Å². The van der Waals surface area contributed by atoms with Gasteiger partial charge in [0.2, 0.25) is 0 Å². The predicted molar refractivity (Wildman–Crippen MR) is 223 cm³/mol. The molecule has 3 heteroatoms. The average molecular weight is 700 g/mol. The minimum Gasteiger partial charge on any atom is -0.208 e. The van der Waals surface area contributed by atoms with E-state index in [1.807, 2.05) is 60.7 Å². The van der Waals surface area contributed by atoms with E-state index in [1.165, 1.54) is 55.6 Å². The van der Waals surface area contributed by atoms with Crippen LogP contribution in [0.25, 0.3) is 78.7 Å². The maximum atomic E-state index is 4.94. The molecule has 9 aromatic rings. The van der Waals surface area contributed by atoms with Crippen LogP contribution in [0.15, 0.2) is 200 Å². The fourth-order valence-electron chi connectivity index (χ4n) is 8.90. The van der Waals surface area contributed by atoms with Crippen LogP contribution in [0.4, 0.5) is 0 Å². The van der Waals surface area contributed by atoms with Gasteiger partial charge in [0.25, 0.3) is 0 Å². The van der Waals surface area contributed by atoms with Crippen molar-refractivity contribution >= 4 is 0 Å². The van der Waals surface area contributed by atoms with Crippen LogP contribution in [0.1, 0.15) is 22.3 Å². The van der Waals surface area contributed by atoms with Gasteiger partial charge in [0, 0.05) is 16.7 Å². The highest BCUT2D eigenvalue weighted by Crippen LogP contribution is 2.63. The molecule has 3 nitrogen and oxygen atoms in total. The van der Waals surface area contributed by atoms with Crippen molar-refractivity contribution in [1.29, 1.82) is 0 Å². The summed E-state index contributed by atoms with van der Waals surface area (Å²) in [5.41, 5.74) is 17.9. The zero-order chi connectivity index (χ0) is 36.3. The summed E-state index contributed by atoms with van der Waals surface area (Å²) in [6.07, 6.45) is 0. The Hall–Kier alpha value is -7.23. The molecular formula is C52H33N3. The molecule has 1 heterocycles. The number of hydrogen-bond donors (Lipinski definition) is 0. The molecule has 256 valence electrons. The molecule has 0 unspecified atom stereocenters. The molecule has 0 saturated heterocycles. The molecule has 0 atom stereocenters. The molecule has 0 saturated carbocycles.